The van der Waals surface area contributed by atoms with Gasteiger partial charge >= 0.3 is 5.97 Å². The number of amides is 1. The number of carbonyl (C=O) groups excluding carboxylic acids is 2. The maximum Gasteiger partial charge on any atom is 0.330 e. The first-order valence-corrected chi connectivity index (χ1v) is 4.84. The minimum Gasteiger partial charge on any atom is -0.467 e. The molecule has 1 rings (SSSR count). The number of benzene rings is 1. The Morgan fingerprint density at radius 3 is 2.65 bits per heavy atom. The Balaban J connectivity index is 2.78. The van der Waals surface area contributed by atoms with Crippen molar-refractivity contribution in [3.05, 3.63) is 35.6 Å². The van der Waals surface area contributed by atoms with Crippen LogP contribution >= 0.6 is 0 Å². The van der Waals surface area contributed by atoms with Crippen LogP contribution in [-0.2, 0) is 9.53 Å². The van der Waals surface area contributed by atoms with E-state index in [1.807, 2.05) is 0 Å². The molecule has 1 atom stereocenters. The van der Waals surface area contributed by atoms with E-state index < -0.39 is 30.3 Å². The zero-order valence-corrected chi connectivity index (χ0v) is 9.14. The van der Waals surface area contributed by atoms with Crippen LogP contribution < -0.4 is 5.32 Å². The lowest BCUT2D eigenvalue weighted by molar-refractivity contribution is -0.143. The van der Waals surface area contributed by atoms with Gasteiger partial charge in [0.05, 0.1) is 19.3 Å². The predicted molar refractivity (Wildman–Crippen MR) is 56.8 cm³/mol. The quantitative estimate of drug-likeness (QED) is 0.732. The van der Waals surface area contributed by atoms with Gasteiger partial charge in [0.1, 0.15) is 5.82 Å². The smallest absolute Gasteiger partial charge is 0.330 e. The van der Waals surface area contributed by atoms with Gasteiger partial charge < -0.3 is 15.2 Å². The highest BCUT2D eigenvalue weighted by atomic mass is 19.1. The minimum atomic E-state index is -1.20. The van der Waals surface area contributed by atoms with E-state index in [-0.39, 0.29) is 5.56 Å². The van der Waals surface area contributed by atoms with Crippen LogP contribution in [0.3, 0.4) is 0 Å². The molecular formula is C11H12FNO4. The molecule has 0 fully saturated rings. The number of halogens is 1. The van der Waals surface area contributed by atoms with Crippen LogP contribution in [0.5, 0.6) is 0 Å². The molecule has 0 radical (unpaired) electrons. The van der Waals surface area contributed by atoms with Gasteiger partial charge in [0.2, 0.25) is 0 Å². The molecule has 0 aliphatic heterocycles. The molecule has 0 spiro atoms. The molecule has 0 saturated heterocycles. The summed E-state index contributed by atoms with van der Waals surface area (Å²) in [5.41, 5.74) is -0.199. The molecule has 0 heterocycles. The molecule has 0 aliphatic carbocycles. The summed E-state index contributed by atoms with van der Waals surface area (Å²) in [5.74, 6) is -2.28. The molecule has 2 N–H and O–H groups in total. The summed E-state index contributed by atoms with van der Waals surface area (Å²) in [4.78, 5) is 22.7. The van der Waals surface area contributed by atoms with E-state index in [0.717, 1.165) is 13.2 Å². The number of aliphatic hydroxyl groups excluding tert-OH is 1. The van der Waals surface area contributed by atoms with Crippen molar-refractivity contribution in [2.45, 2.75) is 6.04 Å². The molecule has 6 heteroatoms. The summed E-state index contributed by atoms with van der Waals surface area (Å²) in [6.45, 7) is -0.618. The van der Waals surface area contributed by atoms with Crippen LogP contribution in [0.2, 0.25) is 0 Å². The van der Waals surface area contributed by atoms with Crippen molar-refractivity contribution in [2.24, 2.45) is 0 Å². The maximum atomic E-state index is 13.2. The zero-order valence-electron chi connectivity index (χ0n) is 9.14. The molecular weight excluding hydrogens is 229 g/mol. The zero-order chi connectivity index (χ0) is 12.8. The van der Waals surface area contributed by atoms with Crippen molar-refractivity contribution in [1.82, 2.24) is 5.32 Å². The fraction of sp³-hybridized carbons (Fsp3) is 0.273. The van der Waals surface area contributed by atoms with E-state index >= 15 is 0 Å². The number of hydrogen-bond acceptors (Lipinski definition) is 4. The lowest BCUT2D eigenvalue weighted by Crippen LogP contribution is -2.44. The van der Waals surface area contributed by atoms with E-state index in [1.165, 1.54) is 18.2 Å². The second kappa shape index (κ2) is 5.95. The van der Waals surface area contributed by atoms with E-state index in [1.54, 1.807) is 0 Å². The van der Waals surface area contributed by atoms with Crippen LogP contribution in [0.15, 0.2) is 24.3 Å². The summed E-state index contributed by atoms with van der Waals surface area (Å²) in [6, 6.07) is 4.13. The molecule has 5 nitrogen and oxygen atoms in total. The lowest BCUT2D eigenvalue weighted by Gasteiger charge is -2.13. The summed E-state index contributed by atoms with van der Waals surface area (Å²) < 4.78 is 17.6. The second-order valence-electron chi connectivity index (χ2n) is 3.21. The Bertz CT molecular complexity index is 422. The van der Waals surface area contributed by atoms with Crippen LogP contribution in [0.4, 0.5) is 4.39 Å². The predicted octanol–water partition coefficient (Wildman–Crippen LogP) is 0.0894. The first kappa shape index (κ1) is 13.1. The van der Waals surface area contributed by atoms with Crippen LogP contribution in [-0.4, -0.2) is 36.7 Å². The molecule has 0 saturated carbocycles. The summed E-state index contributed by atoms with van der Waals surface area (Å²) in [7, 11) is 1.13. The fourth-order valence-corrected chi connectivity index (χ4v) is 1.20. The third-order valence-corrected chi connectivity index (χ3v) is 2.09. The first-order chi connectivity index (χ1) is 8.10. The van der Waals surface area contributed by atoms with E-state index in [0.29, 0.717) is 0 Å². The molecule has 0 bridgehead atoms. The van der Waals surface area contributed by atoms with Crippen molar-refractivity contribution in [3.63, 3.8) is 0 Å². The number of nitrogens with one attached hydrogen (secondary N) is 1. The number of aliphatic hydroxyl groups is 1. The van der Waals surface area contributed by atoms with Gasteiger partial charge in [0.25, 0.3) is 5.91 Å². The molecule has 0 unspecified atom stereocenters. The van der Waals surface area contributed by atoms with Crippen LogP contribution in [0.1, 0.15) is 10.4 Å². The number of rotatable bonds is 4. The van der Waals surface area contributed by atoms with Crippen molar-refractivity contribution in [1.29, 1.82) is 0 Å². The van der Waals surface area contributed by atoms with E-state index in [2.05, 4.69) is 10.1 Å². The van der Waals surface area contributed by atoms with Gasteiger partial charge in [-0.3, -0.25) is 4.79 Å². The average Bonchev–Trinajstić information content (AvgIpc) is 2.35. The molecule has 0 aliphatic rings. The van der Waals surface area contributed by atoms with Gasteiger partial charge in [-0.1, -0.05) is 12.1 Å². The third-order valence-electron chi connectivity index (χ3n) is 2.09. The standard InChI is InChI=1S/C11H12FNO4/c1-17-11(16)9(6-14)13-10(15)7-4-2-3-5-8(7)12/h2-5,9,14H,6H2,1H3,(H,13,15)/t9-/m0/s1. The third kappa shape index (κ3) is 3.25. The Labute approximate surface area is 97.2 Å². The highest BCUT2D eigenvalue weighted by Gasteiger charge is 2.22. The Kier molecular flexibility index (Phi) is 4.59. The highest BCUT2D eigenvalue weighted by Crippen LogP contribution is 2.06. The van der Waals surface area contributed by atoms with Crippen LogP contribution in [0.25, 0.3) is 0 Å². The average molecular weight is 241 g/mol. The van der Waals surface area contributed by atoms with E-state index in [9.17, 15) is 14.0 Å². The SMILES string of the molecule is COC(=O)[C@H](CO)NC(=O)c1ccccc1F. The normalized spacial score (nSPS) is 11.7. The summed E-state index contributed by atoms with van der Waals surface area (Å²) >= 11 is 0. The van der Waals surface area contributed by atoms with Crippen molar-refractivity contribution in [3.8, 4) is 0 Å². The van der Waals surface area contributed by atoms with Gasteiger partial charge in [-0.2, -0.15) is 0 Å². The molecule has 0 aromatic heterocycles. The number of methoxy groups -OCH3 is 1. The fourth-order valence-electron chi connectivity index (χ4n) is 1.20. The van der Waals surface area contributed by atoms with Gasteiger partial charge in [-0.25, -0.2) is 9.18 Å². The van der Waals surface area contributed by atoms with Gasteiger partial charge in [0, 0.05) is 0 Å². The monoisotopic (exact) mass is 241 g/mol. The summed E-state index contributed by atoms with van der Waals surface area (Å²) in [6.07, 6.45) is 0. The summed E-state index contributed by atoms with van der Waals surface area (Å²) in [5, 5.41) is 11.1. The number of carbonyl (C=O) groups is 2. The Morgan fingerprint density at radius 1 is 1.47 bits per heavy atom. The Hall–Kier alpha value is -1.95. The molecule has 1 aromatic carbocycles. The topological polar surface area (TPSA) is 75.6 Å². The van der Waals surface area contributed by atoms with Crippen molar-refractivity contribution in [2.75, 3.05) is 13.7 Å². The first-order valence-electron chi connectivity index (χ1n) is 4.84. The van der Waals surface area contributed by atoms with Crippen LogP contribution in [0, 0.1) is 5.82 Å². The number of hydrogen-bond donors (Lipinski definition) is 2. The maximum absolute atomic E-state index is 13.2. The molecule has 1 aromatic rings. The van der Waals surface area contributed by atoms with E-state index in [4.69, 9.17) is 5.11 Å². The van der Waals surface area contributed by atoms with Crippen molar-refractivity contribution < 1.29 is 23.8 Å². The van der Waals surface area contributed by atoms with Crippen molar-refractivity contribution >= 4 is 11.9 Å². The largest absolute Gasteiger partial charge is 0.467 e. The Morgan fingerprint density at radius 2 is 2.12 bits per heavy atom. The highest BCUT2D eigenvalue weighted by molar-refractivity contribution is 5.97. The van der Waals surface area contributed by atoms with Gasteiger partial charge in [-0.15, -0.1) is 0 Å². The number of ether oxygens (including phenoxy) is 1. The lowest BCUT2D eigenvalue weighted by atomic mass is 10.2. The number of esters is 1. The molecule has 1 amide bonds. The molecule has 17 heavy (non-hydrogen) atoms. The van der Waals surface area contributed by atoms with Gasteiger partial charge in [0.15, 0.2) is 6.04 Å². The molecule has 92 valence electrons. The second-order valence-corrected chi connectivity index (χ2v) is 3.21. The van der Waals surface area contributed by atoms with Gasteiger partial charge in [-0.05, 0) is 12.1 Å². The minimum absolute atomic E-state index is 0.199.